The summed E-state index contributed by atoms with van der Waals surface area (Å²) < 4.78 is 7.14. The first-order chi connectivity index (χ1) is 12.2. The topological polar surface area (TPSA) is 81.9 Å². The lowest BCUT2D eigenvalue weighted by Crippen LogP contribution is -2.15. The number of hydrogen-bond acceptors (Lipinski definition) is 5. The molecule has 25 heavy (non-hydrogen) atoms. The number of nitrogens with one attached hydrogen (secondary N) is 1. The van der Waals surface area contributed by atoms with E-state index in [0.717, 1.165) is 10.9 Å². The average Bonchev–Trinajstić information content (AvgIpc) is 2.94. The van der Waals surface area contributed by atoms with E-state index in [4.69, 9.17) is 4.74 Å². The molecular weight excluding hydrogens is 318 g/mol. The van der Waals surface area contributed by atoms with Gasteiger partial charge in [0.1, 0.15) is 11.3 Å². The van der Waals surface area contributed by atoms with Crippen LogP contribution in [0.15, 0.2) is 48.5 Å². The molecule has 0 aliphatic heterocycles. The SMILES string of the molecule is COc1ccccc1C(=O)Nc1nnc2c3ccccc3n(C)c2n1. The van der Waals surface area contributed by atoms with Crippen LogP contribution in [0.2, 0.25) is 0 Å². The lowest BCUT2D eigenvalue weighted by molar-refractivity contribution is 0.102. The molecule has 0 fully saturated rings. The molecule has 0 saturated heterocycles. The Bertz CT molecular complexity index is 1100. The summed E-state index contributed by atoms with van der Waals surface area (Å²) in [6, 6.07) is 14.8. The Morgan fingerprint density at radius 2 is 1.84 bits per heavy atom. The van der Waals surface area contributed by atoms with Gasteiger partial charge >= 0.3 is 0 Å². The maximum absolute atomic E-state index is 12.5. The third kappa shape index (κ3) is 2.46. The van der Waals surface area contributed by atoms with E-state index in [0.29, 0.717) is 22.5 Å². The van der Waals surface area contributed by atoms with E-state index in [-0.39, 0.29) is 11.9 Å². The number of ether oxygens (including phenoxy) is 1. The fourth-order valence-corrected chi connectivity index (χ4v) is 2.86. The molecule has 0 bridgehead atoms. The van der Waals surface area contributed by atoms with E-state index < -0.39 is 0 Å². The Labute approximate surface area is 143 Å². The minimum atomic E-state index is -0.350. The summed E-state index contributed by atoms with van der Waals surface area (Å²) in [4.78, 5) is 16.9. The van der Waals surface area contributed by atoms with Crippen LogP contribution >= 0.6 is 0 Å². The fraction of sp³-hybridized carbons (Fsp3) is 0.111. The van der Waals surface area contributed by atoms with E-state index in [2.05, 4.69) is 20.5 Å². The molecule has 1 amide bonds. The van der Waals surface area contributed by atoms with Gasteiger partial charge in [-0.3, -0.25) is 10.1 Å². The van der Waals surface area contributed by atoms with Crippen molar-refractivity contribution in [3.63, 3.8) is 0 Å². The molecular formula is C18H15N5O2. The number of aromatic nitrogens is 4. The fourth-order valence-electron chi connectivity index (χ4n) is 2.86. The predicted octanol–water partition coefficient (Wildman–Crippen LogP) is 2.78. The summed E-state index contributed by atoms with van der Waals surface area (Å²) in [5.74, 6) is 0.283. The molecule has 0 saturated carbocycles. The highest BCUT2D eigenvalue weighted by Gasteiger charge is 2.16. The number of fused-ring (bicyclic) bond motifs is 3. The molecule has 2 aromatic carbocycles. The zero-order valence-electron chi connectivity index (χ0n) is 13.7. The first-order valence-electron chi connectivity index (χ1n) is 7.71. The Morgan fingerprint density at radius 3 is 2.68 bits per heavy atom. The molecule has 0 aliphatic rings. The molecule has 2 aromatic heterocycles. The zero-order chi connectivity index (χ0) is 17.4. The number of rotatable bonds is 3. The van der Waals surface area contributed by atoms with Crippen LogP contribution in [-0.4, -0.2) is 32.8 Å². The number of amides is 1. The number of anilines is 1. The van der Waals surface area contributed by atoms with Gasteiger partial charge in [-0.15, -0.1) is 10.2 Å². The number of carbonyl (C=O) groups excluding carboxylic acids is 1. The van der Waals surface area contributed by atoms with Gasteiger partial charge in [0.2, 0.25) is 0 Å². The highest BCUT2D eigenvalue weighted by Crippen LogP contribution is 2.25. The van der Waals surface area contributed by atoms with Crippen molar-refractivity contribution in [2.24, 2.45) is 7.05 Å². The van der Waals surface area contributed by atoms with Gasteiger partial charge in [-0.1, -0.05) is 30.3 Å². The van der Waals surface area contributed by atoms with Gasteiger partial charge in [-0.25, -0.2) is 0 Å². The first kappa shape index (κ1) is 15.1. The zero-order valence-corrected chi connectivity index (χ0v) is 13.7. The van der Waals surface area contributed by atoms with E-state index in [1.54, 1.807) is 24.3 Å². The summed E-state index contributed by atoms with van der Waals surface area (Å²) in [6.45, 7) is 0. The average molecular weight is 333 g/mol. The monoisotopic (exact) mass is 333 g/mol. The quantitative estimate of drug-likeness (QED) is 0.623. The van der Waals surface area contributed by atoms with Crippen molar-refractivity contribution in [3.8, 4) is 5.75 Å². The van der Waals surface area contributed by atoms with Crippen LogP contribution in [0.1, 0.15) is 10.4 Å². The van der Waals surface area contributed by atoms with Crippen LogP contribution in [0.25, 0.3) is 22.1 Å². The van der Waals surface area contributed by atoms with Crippen LogP contribution < -0.4 is 10.1 Å². The number of benzene rings is 2. The third-order valence-corrected chi connectivity index (χ3v) is 4.08. The van der Waals surface area contributed by atoms with Crippen LogP contribution in [0.3, 0.4) is 0 Å². The van der Waals surface area contributed by atoms with Crippen LogP contribution in [0, 0.1) is 0 Å². The molecule has 2 heterocycles. The summed E-state index contributed by atoms with van der Waals surface area (Å²) in [5, 5.41) is 11.9. The second-order valence-electron chi connectivity index (χ2n) is 5.54. The van der Waals surface area contributed by atoms with Crippen LogP contribution in [0.4, 0.5) is 5.95 Å². The highest BCUT2D eigenvalue weighted by atomic mass is 16.5. The molecule has 0 atom stereocenters. The van der Waals surface area contributed by atoms with Crippen molar-refractivity contribution < 1.29 is 9.53 Å². The van der Waals surface area contributed by atoms with E-state index in [1.807, 2.05) is 35.9 Å². The number of carbonyl (C=O) groups is 1. The minimum Gasteiger partial charge on any atom is -0.496 e. The van der Waals surface area contributed by atoms with Crippen LogP contribution in [-0.2, 0) is 7.05 Å². The standard InChI is InChI=1S/C18H15N5O2/c1-23-13-9-5-3-7-11(13)15-16(23)19-18(22-21-15)20-17(24)12-8-4-6-10-14(12)25-2/h3-10H,1-2H3,(H,19,20,22,24). The number of methoxy groups -OCH3 is 1. The predicted molar refractivity (Wildman–Crippen MR) is 94.8 cm³/mol. The number of nitrogens with zero attached hydrogens (tertiary/aromatic N) is 4. The molecule has 124 valence electrons. The second-order valence-corrected chi connectivity index (χ2v) is 5.54. The van der Waals surface area contributed by atoms with Gasteiger partial charge in [-0.05, 0) is 18.2 Å². The maximum Gasteiger partial charge on any atom is 0.261 e. The van der Waals surface area contributed by atoms with E-state index in [9.17, 15) is 4.79 Å². The van der Waals surface area contributed by atoms with Crippen molar-refractivity contribution in [3.05, 3.63) is 54.1 Å². The van der Waals surface area contributed by atoms with E-state index in [1.165, 1.54) is 7.11 Å². The molecule has 7 nitrogen and oxygen atoms in total. The van der Waals surface area contributed by atoms with Gasteiger partial charge in [-0.2, -0.15) is 4.98 Å². The Balaban J connectivity index is 1.74. The third-order valence-electron chi connectivity index (χ3n) is 4.08. The molecule has 0 aliphatic carbocycles. The lowest BCUT2D eigenvalue weighted by atomic mass is 10.2. The normalized spacial score (nSPS) is 11.0. The molecule has 0 unspecified atom stereocenters. The summed E-state index contributed by atoms with van der Waals surface area (Å²) in [6.07, 6.45) is 0. The molecule has 7 heteroatoms. The minimum absolute atomic E-state index is 0.148. The van der Waals surface area contributed by atoms with Gasteiger partial charge in [0, 0.05) is 12.4 Å². The van der Waals surface area contributed by atoms with E-state index >= 15 is 0 Å². The van der Waals surface area contributed by atoms with Gasteiger partial charge in [0.05, 0.1) is 18.2 Å². The highest BCUT2D eigenvalue weighted by molar-refractivity contribution is 6.07. The van der Waals surface area contributed by atoms with Crippen molar-refractivity contribution in [2.75, 3.05) is 12.4 Å². The summed E-state index contributed by atoms with van der Waals surface area (Å²) in [5.41, 5.74) is 2.78. The molecule has 4 aromatic rings. The molecule has 1 N–H and O–H groups in total. The molecule has 0 radical (unpaired) electrons. The van der Waals surface area contributed by atoms with Crippen molar-refractivity contribution in [1.82, 2.24) is 19.7 Å². The van der Waals surface area contributed by atoms with Gasteiger partial charge in [0.25, 0.3) is 11.9 Å². The van der Waals surface area contributed by atoms with Gasteiger partial charge < -0.3 is 9.30 Å². The van der Waals surface area contributed by atoms with Crippen molar-refractivity contribution in [1.29, 1.82) is 0 Å². The van der Waals surface area contributed by atoms with Crippen molar-refractivity contribution in [2.45, 2.75) is 0 Å². The lowest BCUT2D eigenvalue weighted by Gasteiger charge is -2.07. The Kier molecular flexibility index (Phi) is 3.53. The summed E-state index contributed by atoms with van der Waals surface area (Å²) >= 11 is 0. The Hall–Kier alpha value is -3.48. The second kappa shape index (κ2) is 5.86. The first-order valence-corrected chi connectivity index (χ1v) is 7.71. The van der Waals surface area contributed by atoms with Gasteiger partial charge in [0.15, 0.2) is 5.65 Å². The number of aryl methyl sites for hydroxylation is 1. The van der Waals surface area contributed by atoms with Crippen LogP contribution in [0.5, 0.6) is 5.75 Å². The Morgan fingerprint density at radius 1 is 1.08 bits per heavy atom. The maximum atomic E-state index is 12.5. The van der Waals surface area contributed by atoms with Crippen molar-refractivity contribution >= 4 is 33.9 Å². The molecule has 4 rings (SSSR count). The largest absolute Gasteiger partial charge is 0.496 e. The number of para-hydroxylation sites is 2. The smallest absolute Gasteiger partial charge is 0.261 e. The molecule has 0 spiro atoms. The summed E-state index contributed by atoms with van der Waals surface area (Å²) in [7, 11) is 3.43. The number of hydrogen-bond donors (Lipinski definition) is 1.